The Hall–Kier alpha value is -1.62. The summed E-state index contributed by atoms with van der Waals surface area (Å²) in [6.07, 6.45) is 0.525. The van der Waals surface area contributed by atoms with Gasteiger partial charge in [0.05, 0.1) is 4.92 Å². The molecule has 1 aromatic carbocycles. The molecule has 0 unspecified atom stereocenters. The van der Waals surface area contributed by atoms with Crippen LogP contribution in [0.1, 0.15) is 19.4 Å². The predicted molar refractivity (Wildman–Crippen MR) is 61.6 cm³/mol. The van der Waals surface area contributed by atoms with Crippen LogP contribution in [0.4, 0.5) is 5.69 Å². The zero-order chi connectivity index (χ0) is 12.3. The summed E-state index contributed by atoms with van der Waals surface area (Å²) < 4.78 is 0. The van der Waals surface area contributed by atoms with Crippen molar-refractivity contribution in [3.63, 3.8) is 0 Å². The standard InChI is InChI=1S/C11H16N2O3/c1-11(2,12-3)7-8-6-9(13(15)16)4-5-10(8)14/h4-6,12,14H,7H2,1-3H3. The number of nitrogens with zero attached hydrogens (tertiary/aromatic N) is 1. The molecule has 1 aromatic rings. The van der Waals surface area contributed by atoms with Gasteiger partial charge in [-0.2, -0.15) is 0 Å². The van der Waals surface area contributed by atoms with Crippen LogP contribution in [0.25, 0.3) is 0 Å². The van der Waals surface area contributed by atoms with E-state index in [1.54, 1.807) is 0 Å². The maximum absolute atomic E-state index is 10.6. The van der Waals surface area contributed by atoms with Crippen molar-refractivity contribution in [3.8, 4) is 5.75 Å². The van der Waals surface area contributed by atoms with E-state index in [4.69, 9.17) is 0 Å². The highest BCUT2D eigenvalue weighted by Gasteiger charge is 2.19. The number of phenolic OH excluding ortho intramolecular Hbond substituents is 1. The molecule has 5 nitrogen and oxygen atoms in total. The molecule has 0 aliphatic heterocycles. The van der Waals surface area contributed by atoms with Crippen LogP contribution in [-0.4, -0.2) is 22.6 Å². The number of rotatable bonds is 4. The van der Waals surface area contributed by atoms with Gasteiger partial charge in [-0.25, -0.2) is 0 Å². The molecule has 0 radical (unpaired) electrons. The van der Waals surface area contributed by atoms with Crippen LogP contribution in [0.3, 0.4) is 0 Å². The number of hydrogen-bond acceptors (Lipinski definition) is 4. The second-order valence-corrected chi connectivity index (χ2v) is 4.38. The molecule has 0 aromatic heterocycles. The van der Waals surface area contributed by atoms with Crippen molar-refractivity contribution in [3.05, 3.63) is 33.9 Å². The summed E-state index contributed by atoms with van der Waals surface area (Å²) in [5.41, 5.74) is 0.362. The van der Waals surface area contributed by atoms with E-state index in [0.717, 1.165) is 0 Å². The molecular formula is C11H16N2O3. The molecule has 1 rings (SSSR count). The molecule has 0 heterocycles. The van der Waals surface area contributed by atoms with Crippen molar-refractivity contribution in [1.29, 1.82) is 0 Å². The Kier molecular flexibility index (Phi) is 3.49. The van der Waals surface area contributed by atoms with Gasteiger partial charge in [0.1, 0.15) is 5.75 Å². The molecule has 0 fully saturated rings. The van der Waals surface area contributed by atoms with E-state index in [9.17, 15) is 15.2 Å². The molecule has 0 aliphatic carbocycles. The average Bonchev–Trinajstić information content (AvgIpc) is 2.21. The van der Waals surface area contributed by atoms with E-state index in [1.807, 2.05) is 20.9 Å². The lowest BCUT2D eigenvalue weighted by atomic mass is 9.94. The summed E-state index contributed by atoms with van der Waals surface area (Å²) in [7, 11) is 1.81. The van der Waals surface area contributed by atoms with Crippen LogP contribution in [0.5, 0.6) is 5.75 Å². The third-order valence-electron chi connectivity index (χ3n) is 2.58. The molecule has 0 spiro atoms. The Morgan fingerprint density at radius 1 is 1.50 bits per heavy atom. The fourth-order valence-corrected chi connectivity index (χ4v) is 1.39. The van der Waals surface area contributed by atoms with Gasteiger partial charge >= 0.3 is 0 Å². The second-order valence-electron chi connectivity index (χ2n) is 4.38. The van der Waals surface area contributed by atoms with Gasteiger partial charge in [0.25, 0.3) is 5.69 Å². The number of phenols is 1. The number of likely N-dealkylation sites (N-methyl/N-ethyl adjacent to an activating group) is 1. The second kappa shape index (κ2) is 4.49. The van der Waals surface area contributed by atoms with Crippen molar-refractivity contribution >= 4 is 5.69 Å². The Labute approximate surface area is 94.3 Å². The van der Waals surface area contributed by atoms with E-state index in [0.29, 0.717) is 12.0 Å². The van der Waals surface area contributed by atoms with Gasteiger partial charge in [0.2, 0.25) is 0 Å². The molecule has 5 heteroatoms. The van der Waals surface area contributed by atoms with Crippen LogP contribution in [-0.2, 0) is 6.42 Å². The first kappa shape index (κ1) is 12.4. The molecule has 0 aliphatic rings. The van der Waals surface area contributed by atoms with E-state index in [2.05, 4.69) is 5.32 Å². The summed E-state index contributed by atoms with van der Waals surface area (Å²) in [6, 6.07) is 4.07. The molecule has 2 N–H and O–H groups in total. The zero-order valence-electron chi connectivity index (χ0n) is 9.65. The highest BCUT2D eigenvalue weighted by Crippen LogP contribution is 2.26. The zero-order valence-corrected chi connectivity index (χ0v) is 9.65. The average molecular weight is 224 g/mol. The Morgan fingerprint density at radius 2 is 2.12 bits per heavy atom. The van der Waals surface area contributed by atoms with Crippen LogP contribution >= 0.6 is 0 Å². The summed E-state index contributed by atoms with van der Waals surface area (Å²) >= 11 is 0. The number of non-ortho nitro benzene ring substituents is 1. The van der Waals surface area contributed by atoms with Crippen LogP contribution in [0, 0.1) is 10.1 Å². The van der Waals surface area contributed by atoms with Gasteiger partial charge in [0.15, 0.2) is 0 Å². The summed E-state index contributed by atoms with van der Waals surface area (Å²) in [5.74, 6) is 0.0916. The Bertz CT molecular complexity index is 402. The normalized spacial score (nSPS) is 11.4. The molecular weight excluding hydrogens is 208 g/mol. The Morgan fingerprint density at radius 3 is 2.62 bits per heavy atom. The minimum absolute atomic E-state index is 0.000275. The Balaban J connectivity index is 3.03. The molecule has 0 atom stereocenters. The van der Waals surface area contributed by atoms with E-state index < -0.39 is 4.92 Å². The minimum Gasteiger partial charge on any atom is -0.508 e. The first-order valence-electron chi connectivity index (χ1n) is 5.01. The van der Waals surface area contributed by atoms with Crippen LogP contribution in [0.2, 0.25) is 0 Å². The molecule has 88 valence electrons. The largest absolute Gasteiger partial charge is 0.508 e. The maximum Gasteiger partial charge on any atom is 0.269 e. The van der Waals surface area contributed by atoms with E-state index >= 15 is 0 Å². The fourth-order valence-electron chi connectivity index (χ4n) is 1.39. The molecule has 16 heavy (non-hydrogen) atoms. The topological polar surface area (TPSA) is 75.4 Å². The SMILES string of the molecule is CNC(C)(C)Cc1cc([N+](=O)[O-])ccc1O. The van der Waals surface area contributed by atoms with Gasteiger partial charge in [-0.3, -0.25) is 10.1 Å². The molecule has 0 saturated heterocycles. The van der Waals surface area contributed by atoms with Crippen LogP contribution < -0.4 is 5.32 Å². The van der Waals surface area contributed by atoms with Crippen molar-refractivity contribution < 1.29 is 10.0 Å². The van der Waals surface area contributed by atoms with Gasteiger partial charge in [-0.1, -0.05) is 0 Å². The monoisotopic (exact) mass is 224 g/mol. The van der Waals surface area contributed by atoms with Crippen molar-refractivity contribution in [2.75, 3.05) is 7.05 Å². The van der Waals surface area contributed by atoms with E-state index in [1.165, 1.54) is 18.2 Å². The lowest BCUT2D eigenvalue weighted by molar-refractivity contribution is -0.384. The van der Waals surface area contributed by atoms with Crippen molar-refractivity contribution in [2.45, 2.75) is 25.8 Å². The third kappa shape index (κ3) is 2.93. The smallest absolute Gasteiger partial charge is 0.269 e. The highest BCUT2D eigenvalue weighted by molar-refractivity contribution is 5.43. The minimum atomic E-state index is -0.463. The number of nitrogens with one attached hydrogen (secondary N) is 1. The number of hydrogen-bond donors (Lipinski definition) is 2. The first-order chi connectivity index (χ1) is 7.35. The van der Waals surface area contributed by atoms with Crippen molar-refractivity contribution in [2.24, 2.45) is 0 Å². The maximum atomic E-state index is 10.6. The lowest BCUT2D eigenvalue weighted by Crippen LogP contribution is -2.38. The number of aromatic hydroxyl groups is 1. The number of benzene rings is 1. The van der Waals surface area contributed by atoms with Gasteiger partial charge < -0.3 is 10.4 Å². The number of nitro groups is 1. The lowest BCUT2D eigenvalue weighted by Gasteiger charge is -2.24. The molecule has 0 amide bonds. The van der Waals surface area contributed by atoms with Crippen LogP contribution in [0.15, 0.2) is 18.2 Å². The summed E-state index contributed by atoms with van der Waals surface area (Å²) in [6.45, 7) is 3.93. The molecule has 0 bridgehead atoms. The summed E-state index contributed by atoms with van der Waals surface area (Å²) in [5, 5.41) is 23.3. The third-order valence-corrected chi connectivity index (χ3v) is 2.58. The van der Waals surface area contributed by atoms with Crippen molar-refractivity contribution in [1.82, 2.24) is 5.32 Å². The van der Waals surface area contributed by atoms with Gasteiger partial charge in [0, 0.05) is 23.2 Å². The highest BCUT2D eigenvalue weighted by atomic mass is 16.6. The quantitative estimate of drug-likeness (QED) is 0.604. The molecule has 0 saturated carbocycles. The fraction of sp³-hybridized carbons (Fsp3) is 0.455. The number of nitro benzene ring substituents is 1. The first-order valence-corrected chi connectivity index (χ1v) is 5.01. The van der Waals surface area contributed by atoms with Gasteiger partial charge in [-0.15, -0.1) is 0 Å². The van der Waals surface area contributed by atoms with E-state index in [-0.39, 0.29) is 17.0 Å². The predicted octanol–water partition coefficient (Wildman–Crippen LogP) is 1.84. The van der Waals surface area contributed by atoms with Gasteiger partial charge in [-0.05, 0) is 33.4 Å². The summed E-state index contributed by atoms with van der Waals surface area (Å²) in [4.78, 5) is 10.1.